The highest BCUT2D eigenvalue weighted by atomic mass is 16.4. The first-order valence-corrected chi connectivity index (χ1v) is 8.91. The summed E-state index contributed by atoms with van der Waals surface area (Å²) in [4.78, 5) is 11.8. The van der Waals surface area contributed by atoms with Crippen molar-refractivity contribution in [3.05, 3.63) is 23.3 Å². The van der Waals surface area contributed by atoms with Gasteiger partial charge in [0.25, 0.3) is 0 Å². The molecule has 22 heavy (non-hydrogen) atoms. The summed E-state index contributed by atoms with van der Waals surface area (Å²) < 4.78 is 0. The molecule has 0 spiro atoms. The van der Waals surface area contributed by atoms with Crippen LogP contribution >= 0.6 is 0 Å². The Morgan fingerprint density at radius 1 is 1.32 bits per heavy atom. The summed E-state index contributed by atoms with van der Waals surface area (Å²) in [6.45, 7) is 8.80. The van der Waals surface area contributed by atoms with Crippen LogP contribution in [0.15, 0.2) is 23.3 Å². The molecule has 0 N–H and O–H groups in total. The van der Waals surface area contributed by atoms with Crippen LogP contribution in [-0.4, -0.2) is 5.97 Å². The monoisotopic (exact) mass is 301 g/mol. The Bertz CT molecular complexity index is 542. The van der Waals surface area contributed by atoms with E-state index in [2.05, 4.69) is 32.9 Å². The molecule has 0 saturated heterocycles. The molecule has 0 aromatic heterocycles. The summed E-state index contributed by atoms with van der Waals surface area (Å²) in [5.74, 6) is 0.548. The standard InChI is InChI=1S/C20H30O2/c1-13(2)14-6-8-16-15(12-14)7-9-17-19(16,3)10-5-11-20(17,4)18(21)22/h6,12-13,16-17H,5,7-11H2,1-4H3,(H,21,22)/p-1/t16-,17-,19-,20-/m1/s1. The van der Waals surface area contributed by atoms with E-state index in [1.165, 1.54) is 5.57 Å². The minimum Gasteiger partial charge on any atom is -0.550 e. The maximum absolute atomic E-state index is 11.8. The number of hydrogen-bond donors (Lipinski definition) is 0. The lowest BCUT2D eigenvalue weighted by Gasteiger charge is -2.59. The van der Waals surface area contributed by atoms with E-state index in [-0.39, 0.29) is 11.3 Å². The normalized spacial score (nSPS) is 41.3. The Hall–Kier alpha value is -1.05. The van der Waals surface area contributed by atoms with Crippen molar-refractivity contribution >= 4 is 5.97 Å². The maximum Gasteiger partial charge on any atom is 0.0476 e. The number of carboxylic acid groups (broad SMARTS) is 1. The highest BCUT2D eigenvalue weighted by molar-refractivity contribution is 5.73. The first-order valence-electron chi connectivity index (χ1n) is 8.91. The van der Waals surface area contributed by atoms with Gasteiger partial charge in [-0.3, -0.25) is 0 Å². The third-order valence-corrected chi connectivity index (χ3v) is 7.02. The average molecular weight is 301 g/mol. The number of rotatable bonds is 2. The van der Waals surface area contributed by atoms with Crippen LogP contribution < -0.4 is 5.11 Å². The first-order chi connectivity index (χ1) is 10.3. The average Bonchev–Trinajstić information content (AvgIpc) is 2.46. The Morgan fingerprint density at radius 3 is 2.68 bits per heavy atom. The molecule has 0 heterocycles. The van der Waals surface area contributed by atoms with Crippen LogP contribution in [0.1, 0.15) is 66.2 Å². The fourth-order valence-corrected chi connectivity index (χ4v) is 5.65. The van der Waals surface area contributed by atoms with Crippen LogP contribution in [0.25, 0.3) is 0 Å². The van der Waals surface area contributed by atoms with Gasteiger partial charge in [-0.1, -0.05) is 51.8 Å². The highest BCUT2D eigenvalue weighted by Crippen LogP contribution is 2.62. The maximum atomic E-state index is 11.8. The van der Waals surface area contributed by atoms with Gasteiger partial charge in [0.05, 0.1) is 0 Å². The van der Waals surface area contributed by atoms with Crippen LogP contribution in [0, 0.1) is 28.6 Å². The molecule has 0 radical (unpaired) electrons. The van der Waals surface area contributed by atoms with Crippen LogP contribution in [0.5, 0.6) is 0 Å². The number of hydrogen-bond acceptors (Lipinski definition) is 2. The topological polar surface area (TPSA) is 40.1 Å². The second-order valence-corrected chi connectivity index (χ2v) is 8.52. The lowest BCUT2D eigenvalue weighted by molar-refractivity contribution is -0.326. The highest BCUT2D eigenvalue weighted by Gasteiger charge is 2.55. The van der Waals surface area contributed by atoms with Crippen molar-refractivity contribution in [2.24, 2.45) is 28.6 Å². The molecular formula is C20H29O2-. The van der Waals surface area contributed by atoms with E-state index < -0.39 is 11.4 Å². The van der Waals surface area contributed by atoms with E-state index in [0.717, 1.165) is 38.5 Å². The third-order valence-electron chi connectivity index (χ3n) is 7.02. The number of carbonyl (C=O) groups excluding carboxylic acids is 1. The molecule has 2 heteroatoms. The molecule has 0 aliphatic heterocycles. The van der Waals surface area contributed by atoms with E-state index in [1.54, 1.807) is 5.57 Å². The van der Waals surface area contributed by atoms with Crippen LogP contribution in [0.2, 0.25) is 0 Å². The SMILES string of the molecule is CC(C)C1=CC[C@@H]2C(=C1)CC[C@@H]1[C@]2(C)CCC[C@@]1(C)C(=O)[O-]. The van der Waals surface area contributed by atoms with E-state index in [1.807, 2.05) is 6.92 Å². The fraction of sp³-hybridized carbons (Fsp3) is 0.750. The quantitative estimate of drug-likeness (QED) is 0.776. The Kier molecular flexibility index (Phi) is 3.78. The molecule has 2 fully saturated rings. The van der Waals surface area contributed by atoms with Crippen LogP contribution in [0.4, 0.5) is 0 Å². The zero-order chi connectivity index (χ0) is 16.1. The van der Waals surface area contributed by atoms with E-state index in [9.17, 15) is 9.90 Å². The molecule has 0 aromatic carbocycles. The van der Waals surface area contributed by atoms with Crippen molar-refractivity contribution in [1.82, 2.24) is 0 Å². The predicted molar refractivity (Wildman–Crippen MR) is 86.9 cm³/mol. The first kappa shape index (κ1) is 15.8. The summed E-state index contributed by atoms with van der Waals surface area (Å²) in [6.07, 6.45) is 11.0. The summed E-state index contributed by atoms with van der Waals surface area (Å²) in [5.41, 5.74) is 2.52. The molecule has 0 bridgehead atoms. The lowest BCUT2D eigenvalue weighted by atomic mass is 9.46. The molecular weight excluding hydrogens is 272 g/mol. The van der Waals surface area contributed by atoms with Crippen molar-refractivity contribution in [1.29, 1.82) is 0 Å². The van der Waals surface area contributed by atoms with Gasteiger partial charge in [-0.05, 0) is 60.8 Å². The van der Waals surface area contributed by atoms with E-state index in [0.29, 0.717) is 11.8 Å². The van der Waals surface area contributed by atoms with Gasteiger partial charge in [0, 0.05) is 11.4 Å². The van der Waals surface area contributed by atoms with Gasteiger partial charge < -0.3 is 9.90 Å². The summed E-state index contributed by atoms with van der Waals surface area (Å²) in [7, 11) is 0. The molecule has 2 saturated carbocycles. The van der Waals surface area contributed by atoms with Crippen LogP contribution in [-0.2, 0) is 4.79 Å². The molecule has 3 aliphatic rings. The Morgan fingerprint density at radius 2 is 2.05 bits per heavy atom. The van der Waals surface area contributed by atoms with Crippen molar-refractivity contribution in [3.8, 4) is 0 Å². The van der Waals surface area contributed by atoms with Gasteiger partial charge in [0.1, 0.15) is 0 Å². The van der Waals surface area contributed by atoms with Gasteiger partial charge in [-0.25, -0.2) is 0 Å². The number of allylic oxidation sites excluding steroid dienone is 4. The summed E-state index contributed by atoms with van der Waals surface area (Å²) >= 11 is 0. The zero-order valence-corrected chi connectivity index (χ0v) is 14.4. The lowest BCUT2D eigenvalue weighted by Crippen LogP contribution is -2.56. The van der Waals surface area contributed by atoms with Gasteiger partial charge >= 0.3 is 0 Å². The molecule has 3 aliphatic carbocycles. The second kappa shape index (κ2) is 5.25. The number of aliphatic carboxylic acids is 1. The Balaban J connectivity index is 1.95. The molecule has 0 aromatic rings. The predicted octanol–water partition coefficient (Wildman–Crippen LogP) is 3.87. The van der Waals surface area contributed by atoms with E-state index >= 15 is 0 Å². The number of carboxylic acids is 1. The molecule has 3 rings (SSSR count). The second-order valence-electron chi connectivity index (χ2n) is 8.52. The van der Waals surface area contributed by atoms with Crippen LogP contribution in [0.3, 0.4) is 0 Å². The molecule has 0 unspecified atom stereocenters. The zero-order valence-electron chi connectivity index (χ0n) is 14.4. The van der Waals surface area contributed by atoms with Crippen molar-refractivity contribution in [2.45, 2.75) is 66.2 Å². The minimum absolute atomic E-state index is 0.121. The van der Waals surface area contributed by atoms with Crippen molar-refractivity contribution < 1.29 is 9.90 Å². The summed E-state index contributed by atoms with van der Waals surface area (Å²) in [5, 5.41) is 11.8. The van der Waals surface area contributed by atoms with Gasteiger partial charge in [0.15, 0.2) is 0 Å². The van der Waals surface area contributed by atoms with Gasteiger partial charge in [0.2, 0.25) is 0 Å². The third kappa shape index (κ3) is 2.18. The molecule has 4 atom stereocenters. The number of carbonyl (C=O) groups is 1. The molecule has 0 amide bonds. The minimum atomic E-state index is -0.829. The smallest absolute Gasteiger partial charge is 0.0476 e. The molecule has 2 nitrogen and oxygen atoms in total. The largest absolute Gasteiger partial charge is 0.550 e. The Labute approximate surface area is 134 Å². The fourth-order valence-electron chi connectivity index (χ4n) is 5.65. The van der Waals surface area contributed by atoms with Crippen molar-refractivity contribution in [3.63, 3.8) is 0 Å². The van der Waals surface area contributed by atoms with Crippen molar-refractivity contribution in [2.75, 3.05) is 0 Å². The molecule has 122 valence electrons. The number of fused-ring (bicyclic) bond motifs is 3. The summed E-state index contributed by atoms with van der Waals surface area (Å²) in [6, 6.07) is 0. The van der Waals surface area contributed by atoms with E-state index in [4.69, 9.17) is 0 Å². The van der Waals surface area contributed by atoms with Gasteiger partial charge in [-0.15, -0.1) is 0 Å². The van der Waals surface area contributed by atoms with Gasteiger partial charge in [-0.2, -0.15) is 0 Å².